The Bertz CT molecular complexity index is 276. The molecule has 0 spiro atoms. The average molecular weight is 215 g/mol. The van der Waals surface area contributed by atoms with Gasteiger partial charge in [-0.3, -0.25) is 10.4 Å². The molecular formula is C6H7BrN4. The standard InChI is InChI=1S/C6H7BrN4/c7-3-1-11-2-4(8)5(3)6(9)10/h1-2H,8H2,(H3,9,10). The van der Waals surface area contributed by atoms with Crippen LogP contribution in [-0.2, 0) is 0 Å². The molecule has 0 radical (unpaired) electrons. The Morgan fingerprint density at radius 2 is 2.18 bits per heavy atom. The highest BCUT2D eigenvalue weighted by atomic mass is 79.9. The lowest BCUT2D eigenvalue weighted by Crippen LogP contribution is -2.14. The van der Waals surface area contributed by atoms with E-state index in [-0.39, 0.29) is 5.84 Å². The molecule has 0 aromatic carbocycles. The molecule has 58 valence electrons. The van der Waals surface area contributed by atoms with E-state index in [1.807, 2.05) is 0 Å². The van der Waals surface area contributed by atoms with E-state index in [1.54, 1.807) is 6.20 Å². The van der Waals surface area contributed by atoms with E-state index >= 15 is 0 Å². The lowest BCUT2D eigenvalue weighted by atomic mass is 10.2. The van der Waals surface area contributed by atoms with Crippen LogP contribution in [0.15, 0.2) is 16.9 Å². The molecule has 0 atom stereocenters. The molecule has 0 amide bonds. The van der Waals surface area contributed by atoms with E-state index in [4.69, 9.17) is 16.9 Å². The SMILES string of the molecule is N=C(N)c1c(N)cncc1Br. The molecule has 0 fully saturated rings. The van der Waals surface area contributed by atoms with Crippen molar-refractivity contribution < 1.29 is 0 Å². The molecule has 1 heterocycles. The first-order valence-electron chi connectivity index (χ1n) is 2.86. The van der Waals surface area contributed by atoms with Gasteiger partial charge in [-0.15, -0.1) is 0 Å². The summed E-state index contributed by atoms with van der Waals surface area (Å²) < 4.78 is 0.644. The number of halogens is 1. The second-order valence-electron chi connectivity index (χ2n) is 2.00. The van der Waals surface area contributed by atoms with Crippen molar-refractivity contribution in [3.8, 4) is 0 Å². The first kappa shape index (κ1) is 8.00. The molecule has 1 rings (SSSR count). The maximum atomic E-state index is 7.16. The Morgan fingerprint density at radius 3 is 2.55 bits per heavy atom. The minimum absolute atomic E-state index is 0.0585. The second-order valence-corrected chi connectivity index (χ2v) is 2.85. The molecule has 0 aliphatic rings. The summed E-state index contributed by atoms with van der Waals surface area (Å²) >= 11 is 3.18. The zero-order valence-corrected chi connectivity index (χ0v) is 7.22. The third-order valence-corrected chi connectivity index (χ3v) is 1.80. The number of nitrogens with one attached hydrogen (secondary N) is 1. The summed E-state index contributed by atoms with van der Waals surface area (Å²) in [5.74, 6) is -0.0585. The topological polar surface area (TPSA) is 88.8 Å². The Hall–Kier alpha value is -1.10. The smallest absolute Gasteiger partial charge is 0.126 e. The van der Waals surface area contributed by atoms with Gasteiger partial charge in [-0.25, -0.2) is 0 Å². The summed E-state index contributed by atoms with van der Waals surface area (Å²) in [5.41, 5.74) is 11.7. The van der Waals surface area contributed by atoms with E-state index < -0.39 is 0 Å². The molecule has 5 heteroatoms. The van der Waals surface area contributed by atoms with Crippen LogP contribution in [0.25, 0.3) is 0 Å². The maximum Gasteiger partial charge on any atom is 0.126 e. The third kappa shape index (κ3) is 1.48. The van der Waals surface area contributed by atoms with Crippen LogP contribution in [0.2, 0.25) is 0 Å². The predicted molar refractivity (Wildman–Crippen MR) is 47.4 cm³/mol. The van der Waals surface area contributed by atoms with E-state index in [1.165, 1.54) is 6.20 Å². The summed E-state index contributed by atoms with van der Waals surface area (Å²) in [6.45, 7) is 0. The fourth-order valence-electron chi connectivity index (χ4n) is 0.734. The molecular weight excluding hydrogens is 208 g/mol. The number of hydrogen-bond donors (Lipinski definition) is 3. The predicted octanol–water partition coefficient (Wildman–Crippen LogP) is 0.710. The number of aromatic nitrogens is 1. The lowest BCUT2D eigenvalue weighted by Gasteiger charge is -2.03. The summed E-state index contributed by atoms with van der Waals surface area (Å²) in [6, 6.07) is 0. The Balaban J connectivity index is 3.32. The average Bonchev–Trinajstić information content (AvgIpc) is 1.85. The number of nitrogens with zero attached hydrogens (tertiary/aromatic N) is 1. The van der Waals surface area contributed by atoms with Crippen LogP contribution in [0.1, 0.15) is 5.56 Å². The van der Waals surface area contributed by atoms with Crippen LogP contribution in [0, 0.1) is 5.41 Å². The van der Waals surface area contributed by atoms with E-state index in [9.17, 15) is 0 Å². The monoisotopic (exact) mass is 214 g/mol. The second kappa shape index (κ2) is 2.87. The number of anilines is 1. The molecule has 1 aromatic heterocycles. The van der Waals surface area contributed by atoms with Crippen LogP contribution in [0.3, 0.4) is 0 Å². The van der Waals surface area contributed by atoms with Gasteiger partial charge in [0.1, 0.15) is 5.84 Å². The summed E-state index contributed by atoms with van der Waals surface area (Å²) in [4.78, 5) is 3.80. The van der Waals surface area contributed by atoms with Gasteiger partial charge >= 0.3 is 0 Å². The van der Waals surface area contributed by atoms with E-state index in [0.717, 1.165) is 0 Å². The molecule has 0 aliphatic carbocycles. The largest absolute Gasteiger partial charge is 0.397 e. The molecule has 11 heavy (non-hydrogen) atoms. The van der Waals surface area contributed by atoms with Crippen LogP contribution >= 0.6 is 15.9 Å². The highest BCUT2D eigenvalue weighted by Gasteiger charge is 2.06. The third-order valence-electron chi connectivity index (χ3n) is 1.20. The zero-order chi connectivity index (χ0) is 8.43. The minimum Gasteiger partial charge on any atom is -0.397 e. The van der Waals surface area contributed by atoms with Gasteiger partial charge in [0.25, 0.3) is 0 Å². The van der Waals surface area contributed by atoms with Crippen LogP contribution in [0.5, 0.6) is 0 Å². The normalized spacial score (nSPS) is 9.55. The van der Waals surface area contributed by atoms with Gasteiger partial charge in [-0.1, -0.05) is 0 Å². The fraction of sp³-hybridized carbons (Fsp3) is 0. The van der Waals surface area contributed by atoms with E-state index in [2.05, 4.69) is 20.9 Å². The van der Waals surface area contributed by atoms with Crippen LogP contribution < -0.4 is 11.5 Å². The number of rotatable bonds is 1. The first-order chi connectivity index (χ1) is 5.13. The molecule has 1 aromatic rings. The van der Waals surface area contributed by atoms with Crippen LogP contribution in [0.4, 0.5) is 5.69 Å². The molecule has 0 bridgehead atoms. The van der Waals surface area contributed by atoms with Crippen molar-refractivity contribution in [3.63, 3.8) is 0 Å². The van der Waals surface area contributed by atoms with Crippen molar-refractivity contribution in [1.82, 2.24) is 4.98 Å². The molecule has 4 nitrogen and oxygen atoms in total. The quantitative estimate of drug-likeness (QED) is 0.476. The fourth-order valence-corrected chi connectivity index (χ4v) is 1.29. The highest BCUT2D eigenvalue weighted by Crippen LogP contribution is 2.19. The Morgan fingerprint density at radius 1 is 1.55 bits per heavy atom. The molecule has 0 saturated heterocycles. The van der Waals surface area contributed by atoms with Crippen molar-refractivity contribution in [2.45, 2.75) is 0 Å². The highest BCUT2D eigenvalue weighted by molar-refractivity contribution is 9.10. The number of nitrogen functional groups attached to an aromatic ring is 2. The van der Waals surface area contributed by atoms with Gasteiger partial charge in [0.05, 0.1) is 17.4 Å². The molecule has 0 saturated carbocycles. The molecule has 5 N–H and O–H groups in total. The Kier molecular flexibility index (Phi) is 2.09. The van der Waals surface area contributed by atoms with Crippen molar-refractivity contribution in [3.05, 3.63) is 22.4 Å². The summed E-state index contributed by atoms with van der Waals surface area (Å²) in [6.07, 6.45) is 3.01. The van der Waals surface area contributed by atoms with Crippen molar-refractivity contribution in [2.24, 2.45) is 5.73 Å². The maximum absolute atomic E-state index is 7.16. The number of amidine groups is 1. The van der Waals surface area contributed by atoms with Crippen LogP contribution in [-0.4, -0.2) is 10.8 Å². The number of nitrogens with two attached hydrogens (primary N) is 2. The zero-order valence-electron chi connectivity index (χ0n) is 5.63. The van der Waals surface area contributed by atoms with Gasteiger partial charge in [0, 0.05) is 10.7 Å². The van der Waals surface area contributed by atoms with Crippen molar-refractivity contribution in [1.29, 1.82) is 5.41 Å². The first-order valence-corrected chi connectivity index (χ1v) is 3.65. The number of pyridine rings is 1. The molecule has 0 aliphatic heterocycles. The summed E-state index contributed by atoms with van der Waals surface area (Å²) in [7, 11) is 0. The van der Waals surface area contributed by atoms with Gasteiger partial charge in [0.2, 0.25) is 0 Å². The van der Waals surface area contributed by atoms with Gasteiger partial charge in [-0.2, -0.15) is 0 Å². The van der Waals surface area contributed by atoms with Gasteiger partial charge in [0.15, 0.2) is 0 Å². The minimum atomic E-state index is -0.0585. The lowest BCUT2D eigenvalue weighted by molar-refractivity contribution is 1.29. The summed E-state index contributed by atoms with van der Waals surface area (Å²) in [5, 5.41) is 7.16. The van der Waals surface area contributed by atoms with Gasteiger partial charge in [-0.05, 0) is 15.9 Å². The number of hydrogen-bond acceptors (Lipinski definition) is 3. The Labute approximate surface area is 72.2 Å². The van der Waals surface area contributed by atoms with E-state index in [0.29, 0.717) is 15.7 Å². The molecule has 0 unspecified atom stereocenters. The van der Waals surface area contributed by atoms with Crippen molar-refractivity contribution in [2.75, 3.05) is 5.73 Å². The van der Waals surface area contributed by atoms with Gasteiger partial charge < -0.3 is 11.5 Å². The van der Waals surface area contributed by atoms with Crippen molar-refractivity contribution >= 4 is 27.5 Å².